The summed E-state index contributed by atoms with van der Waals surface area (Å²) in [7, 11) is 0. The van der Waals surface area contributed by atoms with Crippen LogP contribution in [0.4, 0.5) is 0 Å². The summed E-state index contributed by atoms with van der Waals surface area (Å²) in [6, 6.07) is 6.15. The SMILES string of the molecule is CC1(C)COc2ccc(C3(N)CCC3)cc2OC1. The molecule has 0 aromatic heterocycles. The quantitative estimate of drug-likeness (QED) is 0.830. The zero-order valence-electron chi connectivity index (χ0n) is 11.2. The molecule has 1 fully saturated rings. The van der Waals surface area contributed by atoms with Gasteiger partial charge >= 0.3 is 0 Å². The number of ether oxygens (including phenoxy) is 2. The lowest BCUT2D eigenvalue weighted by Crippen LogP contribution is -2.43. The Balaban J connectivity index is 1.90. The number of nitrogens with two attached hydrogens (primary N) is 1. The summed E-state index contributed by atoms with van der Waals surface area (Å²) in [5.74, 6) is 1.68. The molecule has 0 saturated heterocycles. The molecule has 0 amide bonds. The molecule has 1 aliphatic heterocycles. The van der Waals surface area contributed by atoms with Gasteiger partial charge in [-0.3, -0.25) is 0 Å². The molecular weight excluding hydrogens is 226 g/mol. The van der Waals surface area contributed by atoms with Crippen molar-refractivity contribution in [3.63, 3.8) is 0 Å². The lowest BCUT2D eigenvalue weighted by Gasteiger charge is -2.38. The van der Waals surface area contributed by atoms with Crippen molar-refractivity contribution in [1.82, 2.24) is 0 Å². The number of hydrogen-bond acceptors (Lipinski definition) is 3. The van der Waals surface area contributed by atoms with Crippen LogP contribution in [0.2, 0.25) is 0 Å². The third kappa shape index (κ3) is 1.97. The average molecular weight is 247 g/mol. The molecule has 1 heterocycles. The Hall–Kier alpha value is -1.22. The summed E-state index contributed by atoms with van der Waals surface area (Å²) in [4.78, 5) is 0. The van der Waals surface area contributed by atoms with Crippen molar-refractivity contribution in [2.24, 2.45) is 11.1 Å². The van der Waals surface area contributed by atoms with E-state index in [0.717, 1.165) is 24.3 Å². The van der Waals surface area contributed by atoms with Gasteiger partial charge in [0.1, 0.15) is 0 Å². The van der Waals surface area contributed by atoms with Gasteiger partial charge in [0.25, 0.3) is 0 Å². The molecule has 18 heavy (non-hydrogen) atoms. The van der Waals surface area contributed by atoms with Gasteiger partial charge in [-0.25, -0.2) is 0 Å². The van der Waals surface area contributed by atoms with E-state index in [1.807, 2.05) is 6.07 Å². The standard InChI is InChI=1S/C15H21NO2/c1-14(2)9-17-12-5-4-11(8-13(12)18-10-14)15(16)6-3-7-15/h4-5,8H,3,6-7,9-10,16H2,1-2H3. The topological polar surface area (TPSA) is 44.5 Å². The number of fused-ring (bicyclic) bond motifs is 1. The lowest BCUT2D eigenvalue weighted by molar-refractivity contribution is 0.140. The van der Waals surface area contributed by atoms with E-state index < -0.39 is 0 Å². The van der Waals surface area contributed by atoms with Crippen LogP contribution in [-0.4, -0.2) is 13.2 Å². The summed E-state index contributed by atoms with van der Waals surface area (Å²) >= 11 is 0. The van der Waals surface area contributed by atoms with Gasteiger partial charge in [-0.15, -0.1) is 0 Å². The van der Waals surface area contributed by atoms with Gasteiger partial charge in [0, 0.05) is 11.0 Å². The minimum absolute atomic E-state index is 0.0516. The van der Waals surface area contributed by atoms with Gasteiger partial charge in [0.05, 0.1) is 13.2 Å². The van der Waals surface area contributed by atoms with Crippen molar-refractivity contribution in [3.8, 4) is 11.5 Å². The summed E-state index contributed by atoms with van der Waals surface area (Å²) in [5.41, 5.74) is 7.44. The number of benzene rings is 1. The first kappa shape index (κ1) is 11.8. The van der Waals surface area contributed by atoms with Gasteiger partial charge in [-0.1, -0.05) is 19.9 Å². The molecule has 0 unspecified atom stereocenters. The van der Waals surface area contributed by atoms with Crippen molar-refractivity contribution in [1.29, 1.82) is 0 Å². The highest BCUT2D eigenvalue weighted by atomic mass is 16.5. The summed E-state index contributed by atoms with van der Waals surface area (Å²) in [5, 5.41) is 0. The van der Waals surface area contributed by atoms with Gasteiger partial charge in [-0.05, 0) is 37.0 Å². The summed E-state index contributed by atoms with van der Waals surface area (Å²) in [6.07, 6.45) is 3.36. The van der Waals surface area contributed by atoms with Crippen LogP contribution in [-0.2, 0) is 5.54 Å². The summed E-state index contributed by atoms with van der Waals surface area (Å²) in [6.45, 7) is 5.67. The van der Waals surface area contributed by atoms with Gasteiger partial charge in [0.2, 0.25) is 0 Å². The average Bonchev–Trinajstić information content (AvgIpc) is 2.45. The first-order valence-corrected chi connectivity index (χ1v) is 6.68. The van der Waals surface area contributed by atoms with E-state index in [9.17, 15) is 0 Å². The summed E-state index contributed by atoms with van der Waals surface area (Å²) < 4.78 is 11.7. The van der Waals surface area contributed by atoms with Crippen molar-refractivity contribution in [2.45, 2.75) is 38.6 Å². The Bertz CT molecular complexity index is 464. The fourth-order valence-corrected chi connectivity index (χ4v) is 2.48. The molecule has 3 nitrogen and oxygen atoms in total. The molecule has 3 rings (SSSR count). The lowest BCUT2D eigenvalue weighted by atomic mass is 9.73. The minimum Gasteiger partial charge on any atom is -0.489 e. The molecule has 1 aromatic carbocycles. The molecule has 1 aliphatic carbocycles. The third-order valence-electron chi connectivity index (χ3n) is 4.00. The van der Waals surface area contributed by atoms with Gasteiger partial charge in [0.15, 0.2) is 11.5 Å². The van der Waals surface area contributed by atoms with Crippen LogP contribution in [0, 0.1) is 5.41 Å². The van der Waals surface area contributed by atoms with Crippen LogP contribution >= 0.6 is 0 Å². The highest BCUT2D eigenvalue weighted by Crippen LogP contribution is 2.42. The number of hydrogen-bond donors (Lipinski definition) is 1. The van der Waals surface area contributed by atoms with Crippen LogP contribution in [0.3, 0.4) is 0 Å². The van der Waals surface area contributed by atoms with E-state index in [-0.39, 0.29) is 11.0 Å². The highest BCUT2D eigenvalue weighted by molar-refractivity contribution is 5.46. The molecule has 1 aromatic rings. The second-order valence-electron chi connectivity index (χ2n) is 6.41. The fraction of sp³-hybridized carbons (Fsp3) is 0.600. The maximum Gasteiger partial charge on any atom is 0.161 e. The minimum atomic E-state index is -0.139. The largest absolute Gasteiger partial charge is 0.489 e. The van der Waals surface area contributed by atoms with Crippen LogP contribution in [0.5, 0.6) is 11.5 Å². The fourth-order valence-electron chi connectivity index (χ4n) is 2.48. The normalized spacial score (nSPS) is 23.9. The molecule has 0 bridgehead atoms. The molecule has 2 N–H and O–H groups in total. The second kappa shape index (κ2) is 3.89. The maximum absolute atomic E-state index is 6.35. The highest BCUT2D eigenvalue weighted by Gasteiger charge is 2.35. The maximum atomic E-state index is 6.35. The Morgan fingerprint density at radius 2 is 1.72 bits per heavy atom. The van der Waals surface area contributed by atoms with E-state index >= 15 is 0 Å². The van der Waals surface area contributed by atoms with Crippen molar-refractivity contribution in [2.75, 3.05) is 13.2 Å². The van der Waals surface area contributed by atoms with Crippen molar-refractivity contribution < 1.29 is 9.47 Å². The Kier molecular flexibility index (Phi) is 2.56. The molecule has 1 saturated carbocycles. The van der Waals surface area contributed by atoms with E-state index in [4.69, 9.17) is 15.2 Å². The zero-order chi connectivity index (χ0) is 12.8. The van der Waals surface area contributed by atoms with Crippen molar-refractivity contribution >= 4 is 0 Å². The second-order valence-corrected chi connectivity index (χ2v) is 6.41. The predicted molar refractivity (Wildman–Crippen MR) is 70.9 cm³/mol. The van der Waals surface area contributed by atoms with Crippen LogP contribution in [0.1, 0.15) is 38.7 Å². The molecule has 0 radical (unpaired) electrons. The van der Waals surface area contributed by atoms with E-state index in [2.05, 4.69) is 26.0 Å². The molecule has 3 heteroatoms. The monoisotopic (exact) mass is 247 g/mol. The molecule has 0 atom stereocenters. The number of rotatable bonds is 1. The predicted octanol–water partition coefficient (Wildman–Crippen LogP) is 2.82. The van der Waals surface area contributed by atoms with Gasteiger partial charge in [-0.2, -0.15) is 0 Å². The molecule has 98 valence electrons. The van der Waals surface area contributed by atoms with Crippen LogP contribution < -0.4 is 15.2 Å². The van der Waals surface area contributed by atoms with E-state index in [1.54, 1.807) is 0 Å². The Labute approximate surface area is 108 Å². The first-order chi connectivity index (χ1) is 8.49. The third-order valence-corrected chi connectivity index (χ3v) is 4.00. The van der Waals surface area contributed by atoms with Gasteiger partial charge < -0.3 is 15.2 Å². The van der Waals surface area contributed by atoms with Crippen molar-refractivity contribution in [3.05, 3.63) is 23.8 Å². The smallest absolute Gasteiger partial charge is 0.161 e. The van der Waals surface area contributed by atoms with Crippen LogP contribution in [0.15, 0.2) is 18.2 Å². The van der Waals surface area contributed by atoms with E-state index in [1.165, 1.54) is 12.0 Å². The molecule has 2 aliphatic rings. The Morgan fingerprint density at radius 3 is 2.33 bits per heavy atom. The van der Waals surface area contributed by atoms with Crippen LogP contribution in [0.25, 0.3) is 0 Å². The molecule has 0 spiro atoms. The zero-order valence-corrected chi connectivity index (χ0v) is 11.2. The first-order valence-electron chi connectivity index (χ1n) is 6.68. The molecular formula is C15H21NO2. The van der Waals surface area contributed by atoms with E-state index in [0.29, 0.717) is 13.2 Å². The Morgan fingerprint density at radius 1 is 1.06 bits per heavy atom.